The van der Waals surface area contributed by atoms with Gasteiger partial charge in [-0.1, -0.05) is 19.1 Å². The van der Waals surface area contributed by atoms with Crippen molar-refractivity contribution in [3.8, 4) is 0 Å². The van der Waals surface area contributed by atoms with Crippen LogP contribution in [0.15, 0.2) is 0 Å². The van der Waals surface area contributed by atoms with Crippen LogP contribution in [-0.2, 0) is 6.54 Å². The van der Waals surface area contributed by atoms with E-state index in [1.54, 1.807) is 0 Å². The number of carbonyl (C=O) groups is 1. The Kier molecular flexibility index (Phi) is 2.35. The topological polar surface area (TPSA) is 47.8 Å². The van der Waals surface area contributed by atoms with E-state index in [1.165, 1.54) is 12.8 Å². The van der Waals surface area contributed by atoms with Crippen molar-refractivity contribution in [3.05, 3.63) is 11.4 Å². The molecule has 1 aliphatic rings. The van der Waals surface area contributed by atoms with Gasteiger partial charge in [0.15, 0.2) is 6.29 Å². The average molecular weight is 193 g/mol. The number of rotatable bonds is 4. The van der Waals surface area contributed by atoms with Gasteiger partial charge in [0.25, 0.3) is 0 Å². The summed E-state index contributed by atoms with van der Waals surface area (Å²) in [6, 6.07) is 0. The molecular weight excluding hydrogens is 178 g/mol. The van der Waals surface area contributed by atoms with E-state index in [0.717, 1.165) is 18.5 Å². The molecule has 0 atom stereocenters. The van der Waals surface area contributed by atoms with Gasteiger partial charge in [0.1, 0.15) is 5.69 Å². The van der Waals surface area contributed by atoms with E-state index in [1.807, 2.05) is 4.68 Å². The SMILES string of the molecule is CC(C)Cn1nnc(C=O)c1C1CC1. The van der Waals surface area contributed by atoms with Crippen LogP contribution in [0.2, 0.25) is 0 Å². The number of hydrogen-bond acceptors (Lipinski definition) is 3. The fourth-order valence-corrected chi connectivity index (χ4v) is 1.68. The smallest absolute Gasteiger partial charge is 0.172 e. The zero-order valence-electron chi connectivity index (χ0n) is 8.60. The highest BCUT2D eigenvalue weighted by Crippen LogP contribution is 2.40. The molecule has 2 rings (SSSR count). The van der Waals surface area contributed by atoms with E-state index in [4.69, 9.17) is 0 Å². The van der Waals surface area contributed by atoms with E-state index in [-0.39, 0.29) is 0 Å². The summed E-state index contributed by atoms with van der Waals surface area (Å²) in [7, 11) is 0. The van der Waals surface area contributed by atoms with Crippen LogP contribution in [0.1, 0.15) is 48.8 Å². The molecule has 1 aromatic heterocycles. The molecule has 1 aliphatic carbocycles. The molecular formula is C10H15N3O. The van der Waals surface area contributed by atoms with Gasteiger partial charge in [-0.05, 0) is 18.8 Å². The highest BCUT2D eigenvalue weighted by atomic mass is 16.1. The Bertz CT molecular complexity index is 339. The van der Waals surface area contributed by atoms with Crippen molar-refractivity contribution in [2.45, 2.75) is 39.2 Å². The van der Waals surface area contributed by atoms with E-state index in [9.17, 15) is 4.79 Å². The minimum Gasteiger partial charge on any atom is -0.296 e. The predicted octanol–water partition coefficient (Wildman–Crippen LogP) is 1.62. The van der Waals surface area contributed by atoms with E-state index < -0.39 is 0 Å². The van der Waals surface area contributed by atoms with Gasteiger partial charge in [0.2, 0.25) is 0 Å². The van der Waals surface area contributed by atoms with Gasteiger partial charge < -0.3 is 0 Å². The normalized spacial score (nSPS) is 16.2. The van der Waals surface area contributed by atoms with Crippen molar-refractivity contribution in [2.24, 2.45) is 5.92 Å². The zero-order valence-corrected chi connectivity index (χ0v) is 8.60. The predicted molar refractivity (Wildman–Crippen MR) is 52.2 cm³/mol. The van der Waals surface area contributed by atoms with Crippen molar-refractivity contribution in [3.63, 3.8) is 0 Å². The Morgan fingerprint density at radius 2 is 2.29 bits per heavy atom. The lowest BCUT2D eigenvalue weighted by molar-refractivity contribution is 0.111. The second-order valence-corrected chi connectivity index (χ2v) is 4.33. The first-order valence-corrected chi connectivity index (χ1v) is 5.11. The molecule has 14 heavy (non-hydrogen) atoms. The van der Waals surface area contributed by atoms with Crippen LogP contribution in [0.25, 0.3) is 0 Å². The lowest BCUT2D eigenvalue weighted by Crippen LogP contribution is -2.09. The molecule has 0 N–H and O–H groups in total. The third-order valence-electron chi connectivity index (χ3n) is 2.41. The van der Waals surface area contributed by atoms with Crippen LogP contribution in [0.5, 0.6) is 0 Å². The first kappa shape index (κ1) is 9.37. The van der Waals surface area contributed by atoms with Crippen molar-refractivity contribution in [1.82, 2.24) is 15.0 Å². The molecule has 1 fully saturated rings. The fraction of sp³-hybridized carbons (Fsp3) is 0.700. The molecule has 1 saturated carbocycles. The molecule has 0 unspecified atom stereocenters. The number of aldehydes is 1. The van der Waals surface area contributed by atoms with Gasteiger partial charge in [-0.25, -0.2) is 4.68 Å². The summed E-state index contributed by atoms with van der Waals surface area (Å²) >= 11 is 0. The van der Waals surface area contributed by atoms with E-state index in [2.05, 4.69) is 24.2 Å². The zero-order chi connectivity index (χ0) is 10.1. The lowest BCUT2D eigenvalue weighted by atomic mass is 10.2. The third-order valence-corrected chi connectivity index (χ3v) is 2.41. The Hall–Kier alpha value is -1.19. The summed E-state index contributed by atoms with van der Waals surface area (Å²) in [5.41, 5.74) is 1.59. The van der Waals surface area contributed by atoms with Crippen molar-refractivity contribution in [2.75, 3.05) is 0 Å². The van der Waals surface area contributed by atoms with Crippen molar-refractivity contribution < 1.29 is 4.79 Å². The summed E-state index contributed by atoms with van der Waals surface area (Å²) in [4.78, 5) is 10.7. The minimum absolute atomic E-state index is 0.531. The van der Waals surface area contributed by atoms with Crippen LogP contribution in [-0.4, -0.2) is 21.3 Å². The Morgan fingerprint density at radius 3 is 2.79 bits per heavy atom. The lowest BCUT2D eigenvalue weighted by Gasteiger charge is -2.07. The van der Waals surface area contributed by atoms with Crippen molar-refractivity contribution >= 4 is 6.29 Å². The third kappa shape index (κ3) is 1.69. The molecule has 0 saturated heterocycles. The van der Waals surface area contributed by atoms with Gasteiger partial charge in [0.05, 0.1) is 5.69 Å². The molecule has 4 heteroatoms. The number of aromatic nitrogens is 3. The van der Waals surface area contributed by atoms with Gasteiger partial charge in [0, 0.05) is 12.5 Å². The highest BCUT2D eigenvalue weighted by molar-refractivity contribution is 5.73. The summed E-state index contributed by atoms with van der Waals surface area (Å²) in [6.45, 7) is 5.13. The maximum absolute atomic E-state index is 10.7. The van der Waals surface area contributed by atoms with Crippen molar-refractivity contribution in [1.29, 1.82) is 0 Å². The number of nitrogens with zero attached hydrogens (tertiary/aromatic N) is 3. The quantitative estimate of drug-likeness (QED) is 0.683. The van der Waals surface area contributed by atoms with Gasteiger partial charge >= 0.3 is 0 Å². The van der Waals surface area contributed by atoms with Gasteiger partial charge in [-0.3, -0.25) is 4.79 Å². The Labute approximate surface area is 83.3 Å². The molecule has 1 aromatic rings. The standard InChI is InChI=1S/C10H15N3O/c1-7(2)5-13-10(8-3-4-8)9(6-14)11-12-13/h6-8H,3-5H2,1-2H3. The second-order valence-electron chi connectivity index (χ2n) is 4.33. The van der Waals surface area contributed by atoms with Crippen LogP contribution < -0.4 is 0 Å². The molecule has 0 aliphatic heterocycles. The Balaban J connectivity index is 2.29. The fourth-order valence-electron chi connectivity index (χ4n) is 1.68. The molecule has 0 spiro atoms. The second kappa shape index (κ2) is 3.52. The summed E-state index contributed by atoms with van der Waals surface area (Å²) in [5.74, 6) is 1.07. The molecule has 1 heterocycles. The monoisotopic (exact) mass is 193 g/mol. The summed E-state index contributed by atoms with van der Waals surface area (Å²) in [5, 5.41) is 7.92. The van der Waals surface area contributed by atoms with E-state index >= 15 is 0 Å². The molecule has 0 radical (unpaired) electrons. The van der Waals surface area contributed by atoms with Gasteiger partial charge in [-0.2, -0.15) is 0 Å². The van der Waals surface area contributed by atoms with Crippen LogP contribution >= 0.6 is 0 Å². The first-order valence-electron chi connectivity index (χ1n) is 5.11. The maximum Gasteiger partial charge on any atom is 0.172 e. The largest absolute Gasteiger partial charge is 0.296 e. The highest BCUT2D eigenvalue weighted by Gasteiger charge is 2.31. The van der Waals surface area contributed by atoms with Crippen LogP contribution in [0.4, 0.5) is 0 Å². The molecule has 0 amide bonds. The first-order chi connectivity index (χ1) is 6.72. The number of hydrogen-bond donors (Lipinski definition) is 0. The Morgan fingerprint density at radius 1 is 1.57 bits per heavy atom. The average Bonchev–Trinajstić information content (AvgIpc) is 2.88. The summed E-state index contributed by atoms with van der Waals surface area (Å²) < 4.78 is 1.89. The minimum atomic E-state index is 0.531. The molecule has 76 valence electrons. The number of carbonyl (C=O) groups excluding carboxylic acids is 1. The van der Waals surface area contributed by atoms with E-state index in [0.29, 0.717) is 17.5 Å². The molecule has 0 aromatic carbocycles. The summed E-state index contributed by atoms with van der Waals surface area (Å²) in [6.07, 6.45) is 3.16. The van der Waals surface area contributed by atoms with Crippen LogP contribution in [0.3, 0.4) is 0 Å². The van der Waals surface area contributed by atoms with Crippen LogP contribution in [0, 0.1) is 5.92 Å². The molecule has 4 nitrogen and oxygen atoms in total. The van der Waals surface area contributed by atoms with Gasteiger partial charge in [-0.15, -0.1) is 5.10 Å². The molecule has 0 bridgehead atoms. The maximum atomic E-state index is 10.7.